The summed E-state index contributed by atoms with van der Waals surface area (Å²) in [5.74, 6) is 0. The van der Waals surface area contributed by atoms with Gasteiger partial charge in [-0.1, -0.05) is 13.8 Å². The number of rotatable bonds is 5. The van der Waals surface area contributed by atoms with Gasteiger partial charge in [0.2, 0.25) is 0 Å². The Kier molecular flexibility index (Phi) is 4.69. The van der Waals surface area contributed by atoms with Crippen LogP contribution in [0.1, 0.15) is 27.2 Å². The van der Waals surface area contributed by atoms with Crippen LogP contribution in [0.15, 0.2) is 0 Å². The Balaban J connectivity index is 3.70. The van der Waals surface area contributed by atoms with Gasteiger partial charge in [0, 0.05) is 13.7 Å². The summed E-state index contributed by atoms with van der Waals surface area (Å²) in [6.07, 6.45) is 1.46. The third kappa shape index (κ3) is 5.22. The molecule has 11 heavy (non-hydrogen) atoms. The molecule has 68 valence electrons. The zero-order valence-electron chi connectivity index (χ0n) is 8.40. The van der Waals surface area contributed by atoms with E-state index in [0.717, 1.165) is 13.0 Å². The van der Waals surface area contributed by atoms with Crippen LogP contribution in [-0.2, 0) is 4.74 Å². The van der Waals surface area contributed by atoms with E-state index < -0.39 is 0 Å². The molecule has 1 atom stereocenters. The maximum atomic E-state index is 5.20. The Hall–Kier alpha value is -0.0800. The first kappa shape index (κ1) is 10.9. The van der Waals surface area contributed by atoms with Gasteiger partial charge in [-0.25, -0.2) is 0 Å². The molecule has 0 saturated heterocycles. The quantitative estimate of drug-likeness (QED) is 0.658. The molecular formula is C9H21NO. The standard InChI is InChI=1S/C9H21NO/c1-8(11-5)6-9(2,3)7-10-4/h8,10H,6-7H2,1-5H3. The van der Waals surface area contributed by atoms with Crippen molar-refractivity contribution in [3.05, 3.63) is 0 Å². The second kappa shape index (κ2) is 4.73. The van der Waals surface area contributed by atoms with Gasteiger partial charge in [0.1, 0.15) is 0 Å². The Morgan fingerprint density at radius 3 is 2.36 bits per heavy atom. The number of hydrogen-bond acceptors (Lipinski definition) is 2. The lowest BCUT2D eigenvalue weighted by Gasteiger charge is -2.26. The van der Waals surface area contributed by atoms with Gasteiger partial charge in [-0.15, -0.1) is 0 Å². The van der Waals surface area contributed by atoms with Crippen molar-refractivity contribution in [2.75, 3.05) is 20.7 Å². The predicted octanol–water partition coefficient (Wildman–Crippen LogP) is 1.66. The monoisotopic (exact) mass is 159 g/mol. The Bertz CT molecular complexity index is 102. The van der Waals surface area contributed by atoms with Crippen LogP contribution >= 0.6 is 0 Å². The van der Waals surface area contributed by atoms with Gasteiger partial charge in [0.15, 0.2) is 0 Å². The summed E-state index contributed by atoms with van der Waals surface area (Å²) < 4.78 is 5.20. The lowest BCUT2D eigenvalue weighted by Crippen LogP contribution is -2.30. The second-order valence-electron chi connectivity index (χ2n) is 3.94. The minimum Gasteiger partial charge on any atom is -0.382 e. The zero-order valence-corrected chi connectivity index (χ0v) is 8.40. The summed E-state index contributed by atoms with van der Waals surface area (Å²) in [6.45, 7) is 7.65. The van der Waals surface area contributed by atoms with Crippen LogP contribution in [-0.4, -0.2) is 26.8 Å². The van der Waals surface area contributed by atoms with E-state index in [4.69, 9.17) is 4.74 Å². The van der Waals surface area contributed by atoms with E-state index in [1.54, 1.807) is 7.11 Å². The fourth-order valence-corrected chi connectivity index (χ4v) is 1.41. The van der Waals surface area contributed by atoms with Gasteiger partial charge in [0.05, 0.1) is 6.10 Å². The lowest BCUT2D eigenvalue weighted by atomic mass is 9.87. The molecule has 2 heteroatoms. The lowest BCUT2D eigenvalue weighted by molar-refractivity contribution is 0.0758. The summed E-state index contributed by atoms with van der Waals surface area (Å²) in [7, 11) is 3.75. The molecule has 0 saturated carbocycles. The van der Waals surface area contributed by atoms with Crippen molar-refractivity contribution in [2.45, 2.75) is 33.3 Å². The molecular weight excluding hydrogens is 138 g/mol. The molecule has 1 unspecified atom stereocenters. The first-order chi connectivity index (χ1) is 5.02. The van der Waals surface area contributed by atoms with Crippen molar-refractivity contribution in [3.63, 3.8) is 0 Å². The molecule has 0 aromatic rings. The van der Waals surface area contributed by atoms with Gasteiger partial charge < -0.3 is 10.1 Å². The summed E-state index contributed by atoms with van der Waals surface area (Å²) in [5.41, 5.74) is 0.337. The van der Waals surface area contributed by atoms with Crippen molar-refractivity contribution < 1.29 is 4.74 Å². The van der Waals surface area contributed by atoms with E-state index in [2.05, 4.69) is 26.1 Å². The Morgan fingerprint density at radius 2 is 2.00 bits per heavy atom. The molecule has 0 radical (unpaired) electrons. The second-order valence-corrected chi connectivity index (χ2v) is 3.94. The number of ether oxygens (including phenoxy) is 1. The number of hydrogen-bond donors (Lipinski definition) is 1. The fraction of sp³-hybridized carbons (Fsp3) is 1.00. The SMILES string of the molecule is CNCC(C)(C)CC(C)OC. The van der Waals surface area contributed by atoms with Crippen molar-refractivity contribution >= 4 is 0 Å². The van der Waals surface area contributed by atoms with E-state index in [-0.39, 0.29) is 0 Å². The minimum absolute atomic E-state index is 0.337. The minimum atomic E-state index is 0.337. The highest BCUT2D eigenvalue weighted by Crippen LogP contribution is 2.21. The van der Waals surface area contributed by atoms with Crippen LogP contribution in [0.4, 0.5) is 0 Å². The molecule has 0 amide bonds. The molecule has 1 N–H and O–H groups in total. The van der Waals surface area contributed by atoms with Crippen LogP contribution in [0.5, 0.6) is 0 Å². The Morgan fingerprint density at radius 1 is 1.45 bits per heavy atom. The Labute approximate surface area is 70.3 Å². The molecule has 0 aliphatic heterocycles. The van der Waals surface area contributed by atoms with E-state index in [0.29, 0.717) is 11.5 Å². The molecule has 0 aliphatic rings. The van der Waals surface area contributed by atoms with Crippen LogP contribution in [0, 0.1) is 5.41 Å². The molecule has 0 fully saturated rings. The first-order valence-electron chi connectivity index (χ1n) is 4.19. The predicted molar refractivity (Wildman–Crippen MR) is 48.8 cm³/mol. The maximum Gasteiger partial charge on any atom is 0.0548 e. The summed E-state index contributed by atoms with van der Waals surface area (Å²) in [6, 6.07) is 0. The van der Waals surface area contributed by atoms with Crippen molar-refractivity contribution in [3.8, 4) is 0 Å². The van der Waals surface area contributed by atoms with Crippen LogP contribution in [0.2, 0.25) is 0 Å². The van der Waals surface area contributed by atoms with Gasteiger partial charge in [-0.05, 0) is 25.8 Å². The topological polar surface area (TPSA) is 21.3 Å². The van der Waals surface area contributed by atoms with E-state index in [1.807, 2.05) is 7.05 Å². The van der Waals surface area contributed by atoms with Crippen LogP contribution in [0.25, 0.3) is 0 Å². The van der Waals surface area contributed by atoms with Gasteiger partial charge in [-0.3, -0.25) is 0 Å². The van der Waals surface area contributed by atoms with E-state index in [9.17, 15) is 0 Å². The van der Waals surface area contributed by atoms with Crippen LogP contribution < -0.4 is 5.32 Å². The molecule has 0 aromatic heterocycles. The highest BCUT2D eigenvalue weighted by Gasteiger charge is 2.19. The third-order valence-corrected chi connectivity index (χ3v) is 1.90. The normalized spacial score (nSPS) is 15.0. The maximum absolute atomic E-state index is 5.20. The van der Waals surface area contributed by atoms with Crippen molar-refractivity contribution in [2.24, 2.45) is 5.41 Å². The van der Waals surface area contributed by atoms with Gasteiger partial charge in [-0.2, -0.15) is 0 Å². The van der Waals surface area contributed by atoms with Crippen LogP contribution in [0.3, 0.4) is 0 Å². The molecule has 0 aliphatic carbocycles. The summed E-state index contributed by atoms with van der Waals surface area (Å²) in [5, 5.41) is 3.18. The van der Waals surface area contributed by atoms with Gasteiger partial charge >= 0.3 is 0 Å². The fourth-order valence-electron chi connectivity index (χ4n) is 1.41. The van der Waals surface area contributed by atoms with E-state index >= 15 is 0 Å². The molecule has 0 bridgehead atoms. The zero-order chi connectivity index (χ0) is 8.91. The number of nitrogens with one attached hydrogen (secondary N) is 1. The molecule has 0 spiro atoms. The average Bonchev–Trinajstić information content (AvgIpc) is 1.86. The largest absolute Gasteiger partial charge is 0.382 e. The van der Waals surface area contributed by atoms with Gasteiger partial charge in [0.25, 0.3) is 0 Å². The molecule has 0 heterocycles. The summed E-state index contributed by atoms with van der Waals surface area (Å²) in [4.78, 5) is 0. The molecule has 0 rings (SSSR count). The summed E-state index contributed by atoms with van der Waals surface area (Å²) >= 11 is 0. The highest BCUT2D eigenvalue weighted by atomic mass is 16.5. The number of methoxy groups -OCH3 is 1. The smallest absolute Gasteiger partial charge is 0.0548 e. The molecule has 0 aromatic carbocycles. The first-order valence-corrected chi connectivity index (χ1v) is 4.19. The highest BCUT2D eigenvalue weighted by molar-refractivity contribution is 4.73. The van der Waals surface area contributed by atoms with Crippen molar-refractivity contribution in [1.82, 2.24) is 5.32 Å². The van der Waals surface area contributed by atoms with Crippen molar-refractivity contribution in [1.29, 1.82) is 0 Å². The molecule has 2 nitrogen and oxygen atoms in total. The average molecular weight is 159 g/mol. The third-order valence-electron chi connectivity index (χ3n) is 1.90. The van der Waals surface area contributed by atoms with E-state index in [1.165, 1.54) is 0 Å².